The van der Waals surface area contributed by atoms with Crippen LogP contribution >= 0.6 is 23.2 Å². The van der Waals surface area contributed by atoms with Crippen molar-refractivity contribution in [3.05, 3.63) is 117 Å². The molecule has 0 amide bonds. The molecule has 0 N–H and O–H groups in total. The molecule has 4 nitrogen and oxygen atoms in total. The number of furan rings is 1. The molecule has 2 heterocycles. The largest absolute Gasteiger partial charge is 0.457 e. The monoisotopic (exact) mass is 476 g/mol. The topological polar surface area (TPSA) is 48.0 Å². The van der Waals surface area contributed by atoms with Crippen molar-refractivity contribution in [2.45, 2.75) is 0 Å². The number of fused-ring (bicyclic) bond motifs is 1. The van der Waals surface area contributed by atoms with Gasteiger partial charge in [-0.25, -0.2) is 9.37 Å². The maximum atomic E-state index is 13.7. The molecule has 2 aromatic heterocycles. The van der Waals surface area contributed by atoms with E-state index in [1.165, 1.54) is 22.8 Å². The van der Waals surface area contributed by atoms with Gasteiger partial charge in [-0.3, -0.25) is 9.36 Å². The lowest BCUT2D eigenvalue weighted by atomic mass is 10.2. The number of aromatic nitrogens is 2. The van der Waals surface area contributed by atoms with E-state index >= 15 is 0 Å². The van der Waals surface area contributed by atoms with Crippen molar-refractivity contribution in [3.63, 3.8) is 0 Å². The van der Waals surface area contributed by atoms with E-state index in [1.807, 2.05) is 30.3 Å². The quantitative estimate of drug-likeness (QED) is 0.274. The van der Waals surface area contributed by atoms with E-state index in [-0.39, 0.29) is 10.6 Å². The van der Waals surface area contributed by atoms with Gasteiger partial charge in [-0.2, -0.15) is 0 Å². The predicted molar refractivity (Wildman–Crippen MR) is 130 cm³/mol. The van der Waals surface area contributed by atoms with E-state index < -0.39 is 5.82 Å². The second-order valence-electron chi connectivity index (χ2n) is 7.24. The number of hydrogen-bond acceptors (Lipinski definition) is 3. The summed E-state index contributed by atoms with van der Waals surface area (Å²) < 4.78 is 21.0. The standard InChI is InChI=1S/C26H15Cl2FN2O2/c27-20-7-3-1-5-18(20)24-13-10-17(33-24)11-14-25-30-23-8-4-2-6-19(23)26(32)31(25)16-9-12-22(29)21(28)15-16/h1-15H/b14-11+. The summed E-state index contributed by atoms with van der Waals surface area (Å²) in [6.07, 6.45) is 3.37. The molecule has 5 aromatic rings. The Bertz CT molecular complexity index is 1590. The molecule has 7 heteroatoms. The molecular formula is C26H15Cl2FN2O2. The van der Waals surface area contributed by atoms with Crippen LogP contribution in [0.25, 0.3) is 40.1 Å². The molecule has 0 atom stereocenters. The van der Waals surface area contributed by atoms with Crippen molar-refractivity contribution in [2.24, 2.45) is 0 Å². The third-order valence-electron chi connectivity index (χ3n) is 5.13. The van der Waals surface area contributed by atoms with Gasteiger partial charge in [0.2, 0.25) is 0 Å². The SMILES string of the molecule is O=c1c2ccccc2nc(/C=C/c2ccc(-c3ccccc3Cl)o2)n1-c1ccc(F)c(Cl)c1. The zero-order valence-electron chi connectivity index (χ0n) is 17.0. The average molecular weight is 477 g/mol. The summed E-state index contributed by atoms with van der Waals surface area (Å²) in [5.74, 6) is 0.949. The lowest BCUT2D eigenvalue weighted by Crippen LogP contribution is -2.22. The highest BCUT2D eigenvalue weighted by Crippen LogP contribution is 2.29. The fraction of sp³-hybridized carbons (Fsp3) is 0. The molecule has 0 aliphatic rings. The zero-order valence-corrected chi connectivity index (χ0v) is 18.5. The summed E-state index contributed by atoms with van der Waals surface area (Å²) in [6.45, 7) is 0. The van der Waals surface area contributed by atoms with Crippen LogP contribution in [0.1, 0.15) is 11.6 Å². The van der Waals surface area contributed by atoms with E-state index in [1.54, 1.807) is 42.5 Å². The molecule has 5 rings (SSSR count). The van der Waals surface area contributed by atoms with Gasteiger partial charge in [0.1, 0.15) is 23.2 Å². The first-order chi connectivity index (χ1) is 16.0. The highest BCUT2D eigenvalue weighted by Gasteiger charge is 2.13. The second-order valence-corrected chi connectivity index (χ2v) is 8.06. The third-order valence-corrected chi connectivity index (χ3v) is 5.75. The van der Waals surface area contributed by atoms with Gasteiger partial charge in [0.15, 0.2) is 0 Å². The summed E-state index contributed by atoms with van der Waals surface area (Å²) >= 11 is 12.2. The van der Waals surface area contributed by atoms with Crippen molar-refractivity contribution < 1.29 is 8.81 Å². The molecule has 0 radical (unpaired) electrons. The highest BCUT2D eigenvalue weighted by atomic mass is 35.5. The highest BCUT2D eigenvalue weighted by molar-refractivity contribution is 6.33. The van der Waals surface area contributed by atoms with Crippen LogP contribution in [0.4, 0.5) is 4.39 Å². The maximum absolute atomic E-state index is 13.7. The summed E-state index contributed by atoms with van der Waals surface area (Å²) in [6, 6.07) is 22.1. The first-order valence-corrected chi connectivity index (χ1v) is 10.8. The first-order valence-electron chi connectivity index (χ1n) is 10.0. The van der Waals surface area contributed by atoms with Crippen LogP contribution in [-0.4, -0.2) is 9.55 Å². The Kier molecular flexibility index (Phi) is 5.58. The predicted octanol–water partition coefficient (Wildman–Crippen LogP) is 7.26. The maximum Gasteiger partial charge on any atom is 0.266 e. The minimum atomic E-state index is -0.568. The Balaban J connectivity index is 1.62. The van der Waals surface area contributed by atoms with Gasteiger partial charge in [-0.1, -0.05) is 47.5 Å². The molecule has 0 aliphatic heterocycles. The molecular weight excluding hydrogens is 462 g/mol. The normalized spacial score (nSPS) is 11.5. The van der Waals surface area contributed by atoms with Crippen LogP contribution in [0.15, 0.2) is 88.1 Å². The van der Waals surface area contributed by atoms with E-state index in [0.29, 0.717) is 39.0 Å². The van der Waals surface area contributed by atoms with Crippen LogP contribution < -0.4 is 5.56 Å². The lowest BCUT2D eigenvalue weighted by Gasteiger charge is -2.12. The molecule has 0 bridgehead atoms. The van der Waals surface area contributed by atoms with Crippen molar-refractivity contribution in [1.82, 2.24) is 9.55 Å². The van der Waals surface area contributed by atoms with Gasteiger partial charge < -0.3 is 4.42 Å². The molecule has 33 heavy (non-hydrogen) atoms. The van der Waals surface area contributed by atoms with Gasteiger partial charge in [0.05, 0.1) is 26.6 Å². The summed E-state index contributed by atoms with van der Waals surface area (Å²) in [5.41, 5.74) is 1.43. The molecule has 0 saturated heterocycles. The molecule has 3 aromatic carbocycles. The third kappa shape index (κ3) is 4.09. The number of hydrogen-bond donors (Lipinski definition) is 0. The minimum absolute atomic E-state index is 0.0853. The summed E-state index contributed by atoms with van der Waals surface area (Å²) in [5, 5.41) is 0.938. The van der Waals surface area contributed by atoms with Crippen molar-refractivity contribution in [3.8, 4) is 17.0 Å². The van der Waals surface area contributed by atoms with Crippen LogP contribution in [-0.2, 0) is 0 Å². The Morgan fingerprint density at radius 2 is 1.67 bits per heavy atom. The van der Waals surface area contributed by atoms with Gasteiger partial charge in [0.25, 0.3) is 5.56 Å². The molecule has 0 spiro atoms. The number of para-hydroxylation sites is 1. The molecule has 0 fully saturated rings. The summed E-state index contributed by atoms with van der Waals surface area (Å²) in [4.78, 5) is 17.9. The zero-order chi connectivity index (χ0) is 22.9. The van der Waals surface area contributed by atoms with E-state index in [9.17, 15) is 9.18 Å². The minimum Gasteiger partial charge on any atom is -0.457 e. The summed E-state index contributed by atoms with van der Waals surface area (Å²) in [7, 11) is 0. The Labute approximate surface area is 198 Å². The van der Waals surface area contributed by atoms with Gasteiger partial charge in [-0.05, 0) is 66.7 Å². The van der Waals surface area contributed by atoms with Crippen molar-refractivity contribution in [1.29, 1.82) is 0 Å². The van der Waals surface area contributed by atoms with Crippen molar-refractivity contribution >= 4 is 46.3 Å². The van der Waals surface area contributed by atoms with Crippen LogP contribution in [0.2, 0.25) is 10.0 Å². The number of halogens is 3. The first kappa shape index (κ1) is 21.2. The fourth-order valence-corrected chi connectivity index (χ4v) is 3.94. The second kappa shape index (κ2) is 8.70. The van der Waals surface area contributed by atoms with Gasteiger partial charge in [-0.15, -0.1) is 0 Å². The van der Waals surface area contributed by atoms with Gasteiger partial charge in [0, 0.05) is 5.56 Å². The van der Waals surface area contributed by atoms with Crippen LogP contribution in [0, 0.1) is 5.82 Å². The smallest absolute Gasteiger partial charge is 0.266 e. The number of nitrogens with zero attached hydrogens (tertiary/aromatic N) is 2. The fourth-order valence-electron chi connectivity index (χ4n) is 3.54. The van der Waals surface area contributed by atoms with Crippen molar-refractivity contribution in [2.75, 3.05) is 0 Å². The van der Waals surface area contributed by atoms with Crippen LogP contribution in [0.5, 0.6) is 0 Å². The molecule has 162 valence electrons. The number of benzene rings is 3. The average Bonchev–Trinajstić information content (AvgIpc) is 3.29. The van der Waals surface area contributed by atoms with E-state index in [2.05, 4.69) is 4.98 Å². The lowest BCUT2D eigenvalue weighted by molar-refractivity contribution is 0.572. The Morgan fingerprint density at radius 3 is 2.48 bits per heavy atom. The molecule has 0 saturated carbocycles. The Hall–Kier alpha value is -3.67. The van der Waals surface area contributed by atoms with Crippen LogP contribution in [0.3, 0.4) is 0 Å². The van der Waals surface area contributed by atoms with Gasteiger partial charge >= 0.3 is 0 Å². The molecule has 0 aliphatic carbocycles. The Morgan fingerprint density at radius 1 is 0.879 bits per heavy atom. The molecule has 0 unspecified atom stereocenters. The van der Waals surface area contributed by atoms with E-state index in [4.69, 9.17) is 27.6 Å². The number of rotatable bonds is 4. The van der Waals surface area contributed by atoms with E-state index in [0.717, 1.165) is 5.56 Å².